The summed E-state index contributed by atoms with van der Waals surface area (Å²) in [5, 5.41) is 23.3. The van der Waals surface area contributed by atoms with Gasteiger partial charge in [0.25, 0.3) is 11.6 Å². The summed E-state index contributed by atoms with van der Waals surface area (Å²) in [6.45, 7) is -0.997. The predicted molar refractivity (Wildman–Crippen MR) is 73.8 cm³/mol. The number of carboxylic acid groups (broad SMARTS) is 1. The molecule has 0 radical (unpaired) electrons. The quantitative estimate of drug-likeness (QED) is 0.492. The van der Waals surface area contributed by atoms with Crippen molar-refractivity contribution in [2.24, 2.45) is 0 Å². The Morgan fingerprint density at radius 1 is 1.19 bits per heavy atom. The van der Waals surface area contributed by atoms with Crippen LogP contribution in [-0.4, -0.2) is 40.9 Å². The summed E-state index contributed by atoms with van der Waals surface area (Å²) in [5.41, 5.74) is -0.271. The summed E-state index contributed by atoms with van der Waals surface area (Å²) >= 11 is 3.04. The van der Waals surface area contributed by atoms with Crippen LogP contribution in [0.4, 0.5) is 5.69 Å². The number of hydrogen-bond acceptors (Lipinski definition) is 5. The van der Waals surface area contributed by atoms with Gasteiger partial charge in [0.1, 0.15) is 6.54 Å². The predicted octanol–water partition coefficient (Wildman–Crippen LogP) is 0.288. The highest BCUT2D eigenvalue weighted by atomic mass is 79.9. The third kappa shape index (κ3) is 5.57. The molecule has 3 N–H and O–H groups in total. The lowest BCUT2D eigenvalue weighted by atomic mass is 10.2. The minimum atomic E-state index is -1.21. The minimum absolute atomic E-state index is 0.00195. The largest absolute Gasteiger partial charge is 0.480 e. The molecule has 0 aliphatic heterocycles. The first-order valence-corrected chi connectivity index (χ1v) is 6.30. The van der Waals surface area contributed by atoms with Gasteiger partial charge < -0.3 is 15.7 Å². The zero-order chi connectivity index (χ0) is 16.0. The van der Waals surface area contributed by atoms with E-state index in [1.807, 2.05) is 0 Å². The fourth-order valence-corrected chi connectivity index (χ4v) is 1.79. The minimum Gasteiger partial charge on any atom is -0.480 e. The van der Waals surface area contributed by atoms with Crippen LogP contribution in [0.1, 0.15) is 10.4 Å². The Bertz CT molecular complexity index is 604. The topological polar surface area (TPSA) is 139 Å². The average Bonchev–Trinajstić information content (AvgIpc) is 2.41. The molecule has 1 rings (SSSR count). The highest BCUT2D eigenvalue weighted by molar-refractivity contribution is 9.10. The number of halogens is 1. The fourth-order valence-electron chi connectivity index (χ4n) is 1.31. The first-order valence-electron chi connectivity index (χ1n) is 5.51. The number of aliphatic carboxylic acids is 1. The molecule has 0 atom stereocenters. The number of non-ortho nitro benzene ring substituents is 1. The maximum atomic E-state index is 11.8. The van der Waals surface area contributed by atoms with E-state index in [2.05, 4.69) is 26.6 Å². The molecule has 0 heterocycles. The number of nitro benzene ring substituents is 1. The van der Waals surface area contributed by atoms with Crippen molar-refractivity contribution in [3.63, 3.8) is 0 Å². The maximum absolute atomic E-state index is 11.8. The second-order valence-electron chi connectivity index (χ2n) is 3.81. The van der Waals surface area contributed by atoms with Crippen LogP contribution in [-0.2, 0) is 9.59 Å². The number of nitrogens with one attached hydrogen (secondary N) is 2. The molecular formula is C11H10BrN3O6. The van der Waals surface area contributed by atoms with Gasteiger partial charge in [-0.15, -0.1) is 0 Å². The van der Waals surface area contributed by atoms with Gasteiger partial charge >= 0.3 is 5.97 Å². The molecule has 112 valence electrons. The summed E-state index contributed by atoms with van der Waals surface area (Å²) in [6, 6.07) is 3.66. The molecule has 21 heavy (non-hydrogen) atoms. The maximum Gasteiger partial charge on any atom is 0.322 e. The number of carbonyl (C=O) groups is 3. The zero-order valence-corrected chi connectivity index (χ0v) is 12.0. The van der Waals surface area contributed by atoms with Gasteiger partial charge in [-0.25, -0.2) is 0 Å². The van der Waals surface area contributed by atoms with Crippen LogP contribution in [0.2, 0.25) is 0 Å². The van der Waals surface area contributed by atoms with E-state index in [-0.39, 0.29) is 11.3 Å². The number of carboxylic acids is 1. The molecule has 10 heteroatoms. The number of amides is 2. The highest BCUT2D eigenvalue weighted by Crippen LogP contribution is 2.21. The number of benzene rings is 1. The molecule has 0 saturated carbocycles. The van der Waals surface area contributed by atoms with Crippen molar-refractivity contribution in [2.75, 3.05) is 13.1 Å². The number of carbonyl (C=O) groups excluding carboxylic acids is 2. The lowest BCUT2D eigenvalue weighted by molar-refractivity contribution is -0.385. The number of nitro groups is 1. The molecule has 0 aliphatic carbocycles. The first-order chi connectivity index (χ1) is 9.79. The van der Waals surface area contributed by atoms with E-state index < -0.39 is 35.8 Å². The molecule has 2 amide bonds. The van der Waals surface area contributed by atoms with Crippen LogP contribution < -0.4 is 10.6 Å². The van der Waals surface area contributed by atoms with Crippen molar-refractivity contribution < 1.29 is 24.4 Å². The lowest BCUT2D eigenvalue weighted by Crippen LogP contribution is -2.39. The van der Waals surface area contributed by atoms with Crippen LogP contribution in [0.15, 0.2) is 22.7 Å². The van der Waals surface area contributed by atoms with Gasteiger partial charge in [0, 0.05) is 22.2 Å². The average molecular weight is 360 g/mol. The van der Waals surface area contributed by atoms with Crippen LogP contribution >= 0.6 is 15.9 Å². The van der Waals surface area contributed by atoms with Crippen molar-refractivity contribution in [2.45, 2.75) is 0 Å². The second-order valence-corrected chi connectivity index (χ2v) is 4.72. The highest BCUT2D eigenvalue weighted by Gasteiger charge is 2.14. The van der Waals surface area contributed by atoms with Gasteiger partial charge in [-0.05, 0) is 6.07 Å². The van der Waals surface area contributed by atoms with Gasteiger partial charge in [0.15, 0.2) is 0 Å². The van der Waals surface area contributed by atoms with E-state index >= 15 is 0 Å². The van der Waals surface area contributed by atoms with Crippen molar-refractivity contribution in [1.82, 2.24) is 10.6 Å². The van der Waals surface area contributed by atoms with Crippen molar-refractivity contribution in [1.29, 1.82) is 0 Å². The first kappa shape index (κ1) is 16.6. The van der Waals surface area contributed by atoms with E-state index in [9.17, 15) is 24.5 Å². The molecule has 0 unspecified atom stereocenters. The summed E-state index contributed by atoms with van der Waals surface area (Å²) in [5.74, 6) is -2.59. The van der Waals surface area contributed by atoms with E-state index in [4.69, 9.17) is 5.11 Å². The Labute approximate surface area is 126 Å². The molecule has 0 bridgehead atoms. The molecule has 0 aliphatic rings. The standard InChI is InChI=1S/C11H10BrN3O6/c12-7-1-6(2-8(3-7)15(20)21)11(19)14-4-9(16)13-5-10(17)18/h1-3H,4-5H2,(H,13,16)(H,14,19)(H,17,18). The molecule has 1 aromatic rings. The van der Waals surface area contributed by atoms with Crippen molar-refractivity contribution >= 4 is 39.4 Å². The van der Waals surface area contributed by atoms with Crippen LogP contribution in [0.5, 0.6) is 0 Å². The van der Waals surface area contributed by atoms with Gasteiger partial charge in [-0.3, -0.25) is 24.5 Å². The summed E-state index contributed by atoms with van der Waals surface area (Å²) in [6.07, 6.45) is 0. The second kappa shape index (κ2) is 7.33. The molecule has 0 saturated heterocycles. The van der Waals surface area contributed by atoms with E-state index in [0.29, 0.717) is 4.47 Å². The smallest absolute Gasteiger partial charge is 0.322 e. The van der Waals surface area contributed by atoms with E-state index in [1.165, 1.54) is 12.1 Å². The van der Waals surface area contributed by atoms with Crippen molar-refractivity contribution in [3.05, 3.63) is 38.3 Å². The molecule has 9 nitrogen and oxygen atoms in total. The van der Waals surface area contributed by atoms with Crippen molar-refractivity contribution in [3.8, 4) is 0 Å². The van der Waals surface area contributed by atoms with E-state index in [0.717, 1.165) is 6.07 Å². The molecule has 0 aromatic heterocycles. The van der Waals surface area contributed by atoms with Gasteiger partial charge in [-0.2, -0.15) is 0 Å². The van der Waals surface area contributed by atoms with Gasteiger partial charge in [-0.1, -0.05) is 15.9 Å². The van der Waals surface area contributed by atoms with Crippen LogP contribution in [0.25, 0.3) is 0 Å². The summed E-state index contributed by atoms with van der Waals surface area (Å²) in [7, 11) is 0. The Morgan fingerprint density at radius 3 is 2.43 bits per heavy atom. The third-order valence-electron chi connectivity index (χ3n) is 2.20. The number of rotatable bonds is 6. The molecule has 1 aromatic carbocycles. The van der Waals surface area contributed by atoms with Gasteiger partial charge in [0.2, 0.25) is 5.91 Å². The number of nitrogens with zero attached hydrogens (tertiary/aromatic N) is 1. The molecular weight excluding hydrogens is 350 g/mol. The van der Waals surface area contributed by atoms with Crippen LogP contribution in [0, 0.1) is 10.1 Å². The molecule has 0 fully saturated rings. The van der Waals surface area contributed by atoms with E-state index in [1.54, 1.807) is 0 Å². The number of hydrogen-bond donors (Lipinski definition) is 3. The Morgan fingerprint density at radius 2 is 1.86 bits per heavy atom. The van der Waals surface area contributed by atoms with Crippen LogP contribution in [0.3, 0.4) is 0 Å². The monoisotopic (exact) mass is 359 g/mol. The summed E-state index contributed by atoms with van der Waals surface area (Å²) < 4.78 is 0.345. The van der Waals surface area contributed by atoms with Gasteiger partial charge in [0.05, 0.1) is 11.5 Å². The molecule has 0 spiro atoms. The Hall–Kier alpha value is -2.49. The lowest BCUT2D eigenvalue weighted by Gasteiger charge is -2.06. The zero-order valence-electron chi connectivity index (χ0n) is 10.5. The Kier molecular flexibility index (Phi) is 5.79. The fraction of sp³-hybridized carbons (Fsp3) is 0.182. The third-order valence-corrected chi connectivity index (χ3v) is 2.66. The summed E-state index contributed by atoms with van der Waals surface area (Å²) in [4.78, 5) is 43.2. The normalized spacial score (nSPS) is 9.76. The SMILES string of the molecule is O=C(O)CNC(=O)CNC(=O)c1cc(Br)cc([N+](=O)[O-])c1. The Balaban J connectivity index is 2.66.